The van der Waals surface area contributed by atoms with E-state index in [0.29, 0.717) is 18.9 Å². The van der Waals surface area contributed by atoms with Crippen LogP contribution in [-0.2, 0) is 9.53 Å². The normalized spacial score (nSPS) is 12.9. The second-order valence-electron chi connectivity index (χ2n) is 5.27. The van der Waals surface area contributed by atoms with Gasteiger partial charge in [0.15, 0.2) is 0 Å². The van der Waals surface area contributed by atoms with Crippen molar-refractivity contribution >= 4 is 12.4 Å². The maximum absolute atomic E-state index is 11.4. The first-order valence-corrected chi connectivity index (χ1v) is 6.29. The molecule has 1 amide bonds. The highest BCUT2D eigenvalue weighted by Gasteiger charge is 2.16. The van der Waals surface area contributed by atoms with Gasteiger partial charge in [-0.15, -0.1) is 0 Å². The quantitative estimate of drug-likeness (QED) is 0.699. The third-order valence-electron chi connectivity index (χ3n) is 2.35. The number of amides is 1. The summed E-state index contributed by atoms with van der Waals surface area (Å²) in [5.41, 5.74) is -0.463. The lowest BCUT2D eigenvalue weighted by Gasteiger charge is -2.20. The smallest absolute Gasteiger partial charge is 0.407 e. The molecule has 0 fully saturated rings. The highest BCUT2D eigenvalue weighted by atomic mass is 16.6. The highest BCUT2D eigenvalue weighted by Crippen LogP contribution is 2.13. The van der Waals surface area contributed by atoms with Gasteiger partial charge in [0.05, 0.1) is 0 Å². The first-order chi connectivity index (χ1) is 7.89. The van der Waals surface area contributed by atoms with Crippen LogP contribution >= 0.6 is 0 Å². The zero-order chi connectivity index (χ0) is 13.3. The molecule has 0 spiro atoms. The van der Waals surface area contributed by atoms with E-state index in [1.165, 1.54) is 0 Å². The maximum Gasteiger partial charge on any atom is 0.407 e. The van der Waals surface area contributed by atoms with Crippen LogP contribution in [0.4, 0.5) is 4.79 Å². The van der Waals surface area contributed by atoms with E-state index in [1.807, 2.05) is 20.8 Å². The number of aldehydes is 1. The minimum absolute atomic E-state index is 0.368. The van der Waals surface area contributed by atoms with E-state index < -0.39 is 5.60 Å². The Morgan fingerprint density at radius 3 is 2.47 bits per heavy atom. The van der Waals surface area contributed by atoms with Crippen molar-refractivity contribution < 1.29 is 14.3 Å². The molecule has 0 aliphatic carbocycles. The van der Waals surface area contributed by atoms with Crippen LogP contribution in [0, 0.1) is 5.92 Å². The van der Waals surface area contributed by atoms with Crippen LogP contribution in [0.2, 0.25) is 0 Å². The van der Waals surface area contributed by atoms with Crippen LogP contribution in [0.25, 0.3) is 0 Å². The highest BCUT2D eigenvalue weighted by molar-refractivity contribution is 5.67. The minimum atomic E-state index is -0.463. The van der Waals surface area contributed by atoms with Crippen molar-refractivity contribution in [2.75, 3.05) is 6.54 Å². The topological polar surface area (TPSA) is 55.4 Å². The fourth-order valence-electron chi connectivity index (χ4n) is 1.62. The Balaban J connectivity index is 3.79. The average Bonchev–Trinajstić information content (AvgIpc) is 2.15. The number of carbonyl (C=O) groups excluding carboxylic acids is 2. The first kappa shape index (κ1) is 15.9. The SMILES string of the molecule is CCCC(CC=O)CCNC(=O)OC(C)(C)C. The van der Waals surface area contributed by atoms with Gasteiger partial charge < -0.3 is 14.8 Å². The summed E-state index contributed by atoms with van der Waals surface area (Å²) in [5.74, 6) is 0.368. The fourth-order valence-corrected chi connectivity index (χ4v) is 1.62. The van der Waals surface area contributed by atoms with E-state index >= 15 is 0 Å². The molecule has 0 aromatic heterocycles. The van der Waals surface area contributed by atoms with E-state index in [1.54, 1.807) is 0 Å². The van der Waals surface area contributed by atoms with Crippen molar-refractivity contribution in [3.8, 4) is 0 Å². The van der Waals surface area contributed by atoms with Gasteiger partial charge in [-0.1, -0.05) is 19.8 Å². The average molecular weight is 243 g/mol. The Labute approximate surface area is 104 Å². The summed E-state index contributed by atoms with van der Waals surface area (Å²) < 4.78 is 5.12. The van der Waals surface area contributed by atoms with Crippen molar-refractivity contribution in [3.63, 3.8) is 0 Å². The molecule has 0 aliphatic rings. The number of hydrogen-bond acceptors (Lipinski definition) is 3. The number of nitrogens with one attached hydrogen (secondary N) is 1. The van der Waals surface area contributed by atoms with Gasteiger partial charge in [-0.2, -0.15) is 0 Å². The second-order valence-corrected chi connectivity index (χ2v) is 5.27. The van der Waals surface area contributed by atoms with E-state index in [0.717, 1.165) is 25.5 Å². The van der Waals surface area contributed by atoms with Gasteiger partial charge in [-0.05, 0) is 33.1 Å². The summed E-state index contributed by atoms with van der Waals surface area (Å²) in [5, 5.41) is 2.71. The van der Waals surface area contributed by atoms with Gasteiger partial charge in [-0.25, -0.2) is 4.79 Å². The zero-order valence-corrected chi connectivity index (χ0v) is 11.4. The van der Waals surface area contributed by atoms with E-state index in [2.05, 4.69) is 12.2 Å². The van der Waals surface area contributed by atoms with Gasteiger partial charge in [0.2, 0.25) is 0 Å². The Kier molecular flexibility index (Phi) is 7.59. The molecule has 17 heavy (non-hydrogen) atoms. The Bertz CT molecular complexity index is 233. The van der Waals surface area contributed by atoms with Crippen LogP contribution in [0.15, 0.2) is 0 Å². The van der Waals surface area contributed by atoms with Crippen molar-refractivity contribution in [2.24, 2.45) is 5.92 Å². The van der Waals surface area contributed by atoms with Gasteiger partial charge in [-0.3, -0.25) is 0 Å². The van der Waals surface area contributed by atoms with Crippen LogP contribution in [0.5, 0.6) is 0 Å². The molecule has 100 valence electrons. The molecule has 0 bridgehead atoms. The van der Waals surface area contributed by atoms with E-state index in [4.69, 9.17) is 4.74 Å². The predicted molar refractivity (Wildman–Crippen MR) is 67.9 cm³/mol. The standard InChI is InChI=1S/C13H25NO3/c1-5-6-11(8-10-15)7-9-14-12(16)17-13(2,3)4/h10-11H,5-9H2,1-4H3,(H,14,16). The molecular formula is C13H25NO3. The molecule has 0 aromatic carbocycles. The maximum atomic E-state index is 11.4. The van der Waals surface area contributed by atoms with Crippen LogP contribution < -0.4 is 5.32 Å². The van der Waals surface area contributed by atoms with Crippen molar-refractivity contribution in [1.82, 2.24) is 5.32 Å². The number of alkyl carbamates (subject to hydrolysis) is 1. The van der Waals surface area contributed by atoms with E-state index in [-0.39, 0.29) is 6.09 Å². The summed E-state index contributed by atoms with van der Waals surface area (Å²) in [6, 6.07) is 0. The van der Waals surface area contributed by atoms with Gasteiger partial charge in [0.25, 0.3) is 0 Å². The molecule has 4 nitrogen and oxygen atoms in total. The Morgan fingerprint density at radius 2 is 2.00 bits per heavy atom. The zero-order valence-electron chi connectivity index (χ0n) is 11.4. The van der Waals surface area contributed by atoms with Crippen molar-refractivity contribution in [1.29, 1.82) is 0 Å². The second kappa shape index (κ2) is 8.09. The summed E-state index contributed by atoms with van der Waals surface area (Å²) in [6.07, 6.45) is 4.04. The molecule has 0 saturated carbocycles. The summed E-state index contributed by atoms with van der Waals surface area (Å²) in [4.78, 5) is 21.8. The molecule has 1 unspecified atom stereocenters. The Hall–Kier alpha value is -1.06. The molecule has 1 atom stereocenters. The molecule has 0 aliphatic heterocycles. The van der Waals surface area contributed by atoms with Gasteiger partial charge in [0.1, 0.15) is 11.9 Å². The molecular weight excluding hydrogens is 218 g/mol. The minimum Gasteiger partial charge on any atom is -0.444 e. The lowest BCUT2D eigenvalue weighted by molar-refractivity contribution is -0.108. The Morgan fingerprint density at radius 1 is 1.35 bits per heavy atom. The van der Waals surface area contributed by atoms with Crippen molar-refractivity contribution in [2.45, 2.75) is 59.0 Å². The number of ether oxygens (including phenoxy) is 1. The summed E-state index contributed by atoms with van der Waals surface area (Å²) in [7, 11) is 0. The fraction of sp³-hybridized carbons (Fsp3) is 0.846. The molecule has 4 heteroatoms. The lowest BCUT2D eigenvalue weighted by Crippen LogP contribution is -2.33. The summed E-state index contributed by atoms with van der Waals surface area (Å²) in [6.45, 7) is 8.16. The predicted octanol–water partition coefficient (Wildman–Crippen LogP) is 2.91. The molecule has 0 radical (unpaired) electrons. The number of rotatable bonds is 7. The number of carbonyl (C=O) groups is 2. The third-order valence-corrected chi connectivity index (χ3v) is 2.35. The molecule has 0 aromatic rings. The molecule has 0 saturated heterocycles. The third kappa shape index (κ3) is 9.85. The summed E-state index contributed by atoms with van der Waals surface area (Å²) >= 11 is 0. The molecule has 0 rings (SSSR count). The van der Waals surface area contributed by atoms with Gasteiger partial charge in [0, 0.05) is 13.0 Å². The lowest BCUT2D eigenvalue weighted by atomic mass is 9.97. The van der Waals surface area contributed by atoms with Crippen LogP contribution in [0.3, 0.4) is 0 Å². The van der Waals surface area contributed by atoms with Gasteiger partial charge >= 0.3 is 6.09 Å². The monoisotopic (exact) mass is 243 g/mol. The van der Waals surface area contributed by atoms with Crippen molar-refractivity contribution in [3.05, 3.63) is 0 Å². The number of hydrogen-bond donors (Lipinski definition) is 1. The van der Waals surface area contributed by atoms with Crippen LogP contribution in [0.1, 0.15) is 53.4 Å². The first-order valence-electron chi connectivity index (χ1n) is 6.29. The van der Waals surface area contributed by atoms with E-state index in [9.17, 15) is 9.59 Å². The van der Waals surface area contributed by atoms with Crippen LogP contribution in [-0.4, -0.2) is 24.5 Å². The largest absolute Gasteiger partial charge is 0.444 e. The molecule has 0 heterocycles. The molecule has 1 N–H and O–H groups in total.